The number of nitrogens with two attached hydrogens (primary N) is 1. The standard InChI is InChI=1S/C14H16N2O2S2/c1-10-6-7-13(9-14(10)15)20(17,18)16-11-4-3-5-12(8-11)19-2/h3-9,16H,15H2,1-2H3. The molecule has 2 rings (SSSR count). The Morgan fingerprint density at radius 2 is 1.90 bits per heavy atom. The number of nitrogens with one attached hydrogen (secondary N) is 1. The van der Waals surface area contributed by atoms with Gasteiger partial charge in [-0.3, -0.25) is 4.72 Å². The topological polar surface area (TPSA) is 72.2 Å². The van der Waals surface area contributed by atoms with Crippen LogP contribution >= 0.6 is 11.8 Å². The number of hydrogen-bond donors (Lipinski definition) is 2. The van der Waals surface area contributed by atoms with Crippen molar-refractivity contribution < 1.29 is 8.42 Å². The normalized spacial score (nSPS) is 11.3. The number of rotatable bonds is 4. The predicted molar refractivity (Wildman–Crippen MR) is 84.6 cm³/mol. The molecule has 0 bridgehead atoms. The van der Waals surface area contributed by atoms with E-state index in [1.165, 1.54) is 6.07 Å². The third-order valence-corrected chi connectivity index (χ3v) is 4.99. The van der Waals surface area contributed by atoms with Crippen LogP contribution in [0.1, 0.15) is 5.56 Å². The summed E-state index contributed by atoms with van der Waals surface area (Å²) in [4.78, 5) is 1.16. The lowest BCUT2D eigenvalue weighted by atomic mass is 10.2. The van der Waals surface area contributed by atoms with Gasteiger partial charge in [-0.05, 0) is 49.1 Å². The van der Waals surface area contributed by atoms with E-state index in [0.29, 0.717) is 11.4 Å². The fourth-order valence-corrected chi connectivity index (χ4v) is 3.23. The molecule has 20 heavy (non-hydrogen) atoms. The molecule has 0 atom stereocenters. The molecular formula is C14H16N2O2S2. The highest BCUT2D eigenvalue weighted by atomic mass is 32.2. The largest absolute Gasteiger partial charge is 0.398 e. The lowest BCUT2D eigenvalue weighted by molar-refractivity contribution is 0.601. The number of sulfonamides is 1. The Balaban J connectivity index is 2.32. The highest BCUT2D eigenvalue weighted by Crippen LogP contribution is 2.23. The fourth-order valence-electron chi connectivity index (χ4n) is 1.69. The van der Waals surface area contributed by atoms with E-state index in [-0.39, 0.29) is 4.90 Å². The molecule has 0 aromatic heterocycles. The number of aryl methyl sites for hydroxylation is 1. The lowest BCUT2D eigenvalue weighted by Gasteiger charge is -2.10. The number of nitrogen functional groups attached to an aromatic ring is 1. The maximum atomic E-state index is 12.3. The SMILES string of the molecule is CSc1cccc(NS(=O)(=O)c2ccc(C)c(N)c2)c1. The van der Waals surface area contributed by atoms with Crippen LogP contribution in [-0.2, 0) is 10.0 Å². The van der Waals surface area contributed by atoms with Gasteiger partial charge in [0, 0.05) is 16.3 Å². The first-order valence-corrected chi connectivity index (χ1v) is 8.66. The van der Waals surface area contributed by atoms with Gasteiger partial charge < -0.3 is 5.73 Å². The summed E-state index contributed by atoms with van der Waals surface area (Å²) in [6, 6.07) is 12.0. The zero-order valence-electron chi connectivity index (χ0n) is 11.3. The Hall–Kier alpha value is -1.66. The van der Waals surface area contributed by atoms with Crippen LogP contribution in [0.25, 0.3) is 0 Å². The third-order valence-electron chi connectivity index (χ3n) is 2.88. The predicted octanol–water partition coefficient (Wildman–Crippen LogP) is 3.10. The minimum absolute atomic E-state index is 0.162. The summed E-state index contributed by atoms with van der Waals surface area (Å²) in [5.41, 5.74) is 7.62. The Morgan fingerprint density at radius 3 is 2.55 bits per heavy atom. The lowest BCUT2D eigenvalue weighted by Crippen LogP contribution is -2.13. The zero-order valence-corrected chi connectivity index (χ0v) is 12.9. The molecular weight excluding hydrogens is 292 g/mol. The van der Waals surface area contributed by atoms with Crippen molar-refractivity contribution in [3.63, 3.8) is 0 Å². The summed E-state index contributed by atoms with van der Waals surface area (Å²) in [5, 5.41) is 0. The number of thioether (sulfide) groups is 1. The zero-order chi connectivity index (χ0) is 14.8. The van der Waals surface area contributed by atoms with E-state index in [9.17, 15) is 8.42 Å². The highest BCUT2D eigenvalue weighted by Gasteiger charge is 2.15. The molecule has 0 amide bonds. The van der Waals surface area contributed by atoms with Crippen molar-refractivity contribution in [1.82, 2.24) is 0 Å². The van der Waals surface area contributed by atoms with Crippen LogP contribution in [0.4, 0.5) is 11.4 Å². The molecule has 0 aliphatic heterocycles. The first kappa shape index (κ1) is 14.7. The second kappa shape index (κ2) is 5.76. The van der Waals surface area contributed by atoms with Crippen LogP contribution in [0.15, 0.2) is 52.3 Å². The van der Waals surface area contributed by atoms with E-state index >= 15 is 0 Å². The van der Waals surface area contributed by atoms with E-state index in [1.54, 1.807) is 36.0 Å². The van der Waals surface area contributed by atoms with E-state index < -0.39 is 10.0 Å². The summed E-state index contributed by atoms with van der Waals surface area (Å²) >= 11 is 1.55. The molecule has 0 spiro atoms. The van der Waals surface area contributed by atoms with Gasteiger partial charge in [-0.15, -0.1) is 11.8 Å². The van der Waals surface area contributed by atoms with Gasteiger partial charge in [0.2, 0.25) is 0 Å². The molecule has 106 valence electrons. The summed E-state index contributed by atoms with van der Waals surface area (Å²) in [6.45, 7) is 1.83. The molecule has 0 saturated carbocycles. The van der Waals surface area contributed by atoms with Crippen molar-refractivity contribution in [3.05, 3.63) is 48.0 Å². The van der Waals surface area contributed by atoms with Crippen molar-refractivity contribution in [2.24, 2.45) is 0 Å². The van der Waals surface area contributed by atoms with E-state index in [2.05, 4.69) is 4.72 Å². The van der Waals surface area contributed by atoms with Crippen LogP contribution < -0.4 is 10.5 Å². The van der Waals surface area contributed by atoms with Crippen molar-refractivity contribution >= 4 is 33.2 Å². The first-order valence-electron chi connectivity index (χ1n) is 5.95. The molecule has 0 aliphatic carbocycles. The molecule has 0 heterocycles. The van der Waals surface area contributed by atoms with Gasteiger partial charge in [-0.1, -0.05) is 12.1 Å². The third kappa shape index (κ3) is 3.26. The van der Waals surface area contributed by atoms with E-state index in [4.69, 9.17) is 5.73 Å². The highest BCUT2D eigenvalue weighted by molar-refractivity contribution is 7.98. The molecule has 3 N–H and O–H groups in total. The van der Waals surface area contributed by atoms with Crippen LogP contribution in [0, 0.1) is 6.92 Å². The number of benzene rings is 2. The van der Waals surface area contributed by atoms with Gasteiger partial charge in [-0.25, -0.2) is 8.42 Å². The van der Waals surface area contributed by atoms with Gasteiger partial charge in [0.25, 0.3) is 10.0 Å². The molecule has 2 aromatic rings. The molecule has 4 nitrogen and oxygen atoms in total. The monoisotopic (exact) mass is 308 g/mol. The van der Waals surface area contributed by atoms with E-state index in [1.807, 2.05) is 25.3 Å². The van der Waals surface area contributed by atoms with Gasteiger partial charge in [-0.2, -0.15) is 0 Å². The number of anilines is 2. The minimum atomic E-state index is -3.62. The van der Waals surface area contributed by atoms with Gasteiger partial charge in [0.05, 0.1) is 4.90 Å². The molecule has 0 unspecified atom stereocenters. The molecule has 0 aliphatic rings. The average molecular weight is 308 g/mol. The maximum Gasteiger partial charge on any atom is 0.261 e. The van der Waals surface area contributed by atoms with Crippen molar-refractivity contribution in [2.75, 3.05) is 16.7 Å². The second-order valence-electron chi connectivity index (χ2n) is 4.36. The molecule has 0 radical (unpaired) electrons. The Labute approximate surface area is 123 Å². The van der Waals surface area contributed by atoms with Crippen molar-refractivity contribution in [1.29, 1.82) is 0 Å². The Morgan fingerprint density at radius 1 is 1.15 bits per heavy atom. The van der Waals surface area contributed by atoms with Crippen molar-refractivity contribution in [2.45, 2.75) is 16.7 Å². The smallest absolute Gasteiger partial charge is 0.261 e. The summed E-state index contributed by atoms with van der Waals surface area (Å²) in [7, 11) is -3.62. The van der Waals surface area contributed by atoms with Gasteiger partial charge in [0.1, 0.15) is 0 Å². The summed E-state index contributed by atoms with van der Waals surface area (Å²) < 4.78 is 27.1. The quantitative estimate of drug-likeness (QED) is 0.672. The van der Waals surface area contributed by atoms with Crippen LogP contribution in [0.3, 0.4) is 0 Å². The van der Waals surface area contributed by atoms with E-state index in [0.717, 1.165) is 10.5 Å². The van der Waals surface area contributed by atoms with Crippen molar-refractivity contribution in [3.8, 4) is 0 Å². The molecule has 6 heteroatoms. The Bertz CT molecular complexity index is 728. The Kier molecular flexibility index (Phi) is 4.25. The maximum absolute atomic E-state index is 12.3. The van der Waals surface area contributed by atoms with Crippen LogP contribution in [0.5, 0.6) is 0 Å². The fraction of sp³-hybridized carbons (Fsp3) is 0.143. The number of hydrogen-bond acceptors (Lipinski definition) is 4. The molecule has 0 saturated heterocycles. The van der Waals surface area contributed by atoms with Crippen LogP contribution in [-0.4, -0.2) is 14.7 Å². The van der Waals surface area contributed by atoms with Gasteiger partial charge in [0.15, 0.2) is 0 Å². The molecule has 2 aromatic carbocycles. The second-order valence-corrected chi connectivity index (χ2v) is 6.92. The molecule has 0 fully saturated rings. The summed E-state index contributed by atoms with van der Waals surface area (Å²) in [6.07, 6.45) is 1.94. The summed E-state index contributed by atoms with van der Waals surface area (Å²) in [5.74, 6) is 0. The minimum Gasteiger partial charge on any atom is -0.398 e. The average Bonchev–Trinajstić information content (AvgIpc) is 2.41. The van der Waals surface area contributed by atoms with Crippen LogP contribution in [0.2, 0.25) is 0 Å². The first-order chi connectivity index (χ1) is 9.42. The van der Waals surface area contributed by atoms with Gasteiger partial charge >= 0.3 is 0 Å².